The third kappa shape index (κ3) is 8.79. The molecule has 0 unspecified atom stereocenters. The topological polar surface area (TPSA) is 135 Å². The number of anilines is 2. The first-order valence-electron chi connectivity index (χ1n) is 15.3. The molecule has 0 saturated carbocycles. The number of hydrogen-bond acceptors (Lipinski definition) is 7. The van der Waals surface area contributed by atoms with Gasteiger partial charge in [0.2, 0.25) is 5.91 Å². The number of aliphatic hydroxyl groups is 1. The van der Waals surface area contributed by atoms with Gasteiger partial charge in [-0.15, -0.1) is 0 Å². The van der Waals surface area contributed by atoms with E-state index < -0.39 is 47.6 Å². The number of halogens is 2. The number of fused-ring (bicyclic) bond motifs is 1. The summed E-state index contributed by atoms with van der Waals surface area (Å²) in [4.78, 5) is 40.1. The lowest BCUT2D eigenvalue weighted by Gasteiger charge is -2.32. The Balaban J connectivity index is 1.71. The molecule has 0 bridgehead atoms. The minimum absolute atomic E-state index is 0.0331. The molecule has 0 spiro atoms. The van der Waals surface area contributed by atoms with Gasteiger partial charge in [-0.05, 0) is 61.2 Å². The van der Waals surface area contributed by atoms with Crippen molar-refractivity contribution in [1.29, 1.82) is 0 Å². The Bertz CT molecular complexity index is 1610. The Morgan fingerprint density at radius 1 is 1.06 bits per heavy atom. The van der Waals surface area contributed by atoms with E-state index in [1.165, 1.54) is 31.3 Å². The molecule has 1 aliphatic heterocycles. The van der Waals surface area contributed by atoms with Crippen molar-refractivity contribution in [3.63, 3.8) is 0 Å². The van der Waals surface area contributed by atoms with E-state index in [1.54, 1.807) is 42.5 Å². The van der Waals surface area contributed by atoms with E-state index in [2.05, 4.69) is 5.32 Å². The summed E-state index contributed by atoms with van der Waals surface area (Å²) in [7, 11) is 2.98. The maximum absolute atomic E-state index is 14.8. The molecule has 12 heteroatoms. The number of benzene rings is 3. The molecule has 47 heavy (non-hydrogen) atoms. The van der Waals surface area contributed by atoms with Gasteiger partial charge in [-0.3, -0.25) is 14.4 Å². The van der Waals surface area contributed by atoms with E-state index in [1.807, 2.05) is 13.8 Å². The summed E-state index contributed by atoms with van der Waals surface area (Å²) in [6.07, 6.45) is -1.15. The number of aliphatic carboxylic acids is 1. The third-order valence-electron chi connectivity index (χ3n) is 7.92. The van der Waals surface area contributed by atoms with Crippen LogP contribution in [0.15, 0.2) is 54.6 Å². The molecule has 3 aromatic rings. The second-order valence-electron chi connectivity index (χ2n) is 12.2. The van der Waals surface area contributed by atoms with Crippen LogP contribution in [0.2, 0.25) is 5.02 Å². The Morgan fingerprint density at radius 3 is 2.51 bits per heavy atom. The highest BCUT2D eigenvalue weighted by atomic mass is 35.5. The third-order valence-corrected chi connectivity index (χ3v) is 8.15. The summed E-state index contributed by atoms with van der Waals surface area (Å²) in [6.45, 7) is 3.50. The Morgan fingerprint density at radius 2 is 1.83 bits per heavy atom. The fraction of sp³-hybridized carbons (Fsp3) is 0.400. The molecular weight excluding hydrogens is 631 g/mol. The maximum atomic E-state index is 14.8. The molecule has 0 aliphatic carbocycles. The molecule has 1 aliphatic rings. The molecule has 2 amide bonds. The smallest absolute Gasteiger partial charge is 0.303 e. The molecule has 1 heterocycles. The van der Waals surface area contributed by atoms with E-state index in [9.17, 15) is 23.9 Å². The van der Waals surface area contributed by atoms with Crippen molar-refractivity contribution in [2.45, 2.75) is 58.2 Å². The maximum Gasteiger partial charge on any atom is 0.303 e. The lowest BCUT2D eigenvalue weighted by Crippen LogP contribution is -2.46. The molecule has 2 atom stereocenters. The number of carboxylic acids is 1. The van der Waals surface area contributed by atoms with Crippen LogP contribution in [-0.4, -0.2) is 61.5 Å². The minimum Gasteiger partial charge on any atom is -0.493 e. The van der Waals surface area contributed by atoms with E-state index in [0.717, 1.165) is 5.56 Å². The van der Waals surface area contributed by atoms with Gasteiger partial charge in [0, 0.05) is 46.8 Å². The SMILES string of the molecule is COc1cccc([C@H]2O[C@H](CC(=O)Nc3cc(CCCCC(=O)O)ccc3F)C(=O)N(CC(C)(C)CO)c3ccc(Cl)cc32)c1OC. The molecule has 0 fully saturated rings. The van der Waals surface area contributed by atoms with Crippen molar-refractivity contribution >= 4 is 40.8 Å². The molecule has 3 aromatic carbocycles. The van der Waals surface area contributed by atoms with Gasteiger partial charge in [-0.25, -0.2) is 4.39 Å². The molecule has 3 N–H and O–H groups in total. The van der Waals surface area contributed by atoms with Gasteiger partial charge >= 0.3 is 5.97 Å². The van der Waals surface area contributed by atoms with Crippen LogP contribution in [0.1, 0.15) is 62.3 Å². The zero-order valence-corrected chi connectivity index (χ0v) is 27.6. The van der Waals surface area contributed by atoms with Crippen LogP contribution < -0.4 is 19.7 Å². The first kappa shape index (κ1) is 35.7. The number of aliphatic hydroxyl groups excluding tert-OH is 1. The number of unbranched alkanes of at least 4 members (excludes halogenated alkanes) is 1. The monoisotopic (exact) mass is 670 g/mol. The number of rotatable bonds is 14. The van der Waals surface area contributed by atoms with Gasteiger partial charge < -0.3 is 34.6 Å². The quantitative estimate of drug-likeness (QED) is 0.174. The van der Waals surface area contributed by atoms with Crippen molar-refractivity contribution in [2.24, 2.45) is 5.41 Å². The summed E-state index contributed by atoms with van der Waals surface area (Å²) in [5, 5.41) is 21.9. The highest BCUT2D eigenvalue weighted by Crippen LogP contribution is 2.45. The molecular formula is C35H40ClFN2O8. The van der Waals surface area contributed by atoms with E-state index in [-0.39, 0.29) is 25.3 Å². The number of aryl methyl sites for hydroxylation is 1. The zero-order valence-electron chi connectivity index (χ0n) is 26.8. The highest BCUT2D eigenvalue weighted by molar-refractivity contribution is 6.30. The normalized spacial score (nSPS) is 16.3. The number of ether oxygens (including phenoxy) is 3. The zero-order chi connectivity index (χ0) is 34.3. The lowest BCUT2D eigenvalue weighted by atomic mass is 9.92. The molecule has 4 rings (SSSR count). The molecule has 0 aromatic heterocycles. The van der Waals surface area contributed by atoms with Crippen molar-refractivity contribution in [3.8, 4) is 11.5 Å². The molecule has 252 valence electrons. The average Bonchev–Trinajstić information content (AvgIpc) is 3.14. The van der Waals surface area contributed by atoms with E-state index >= 15 is 0 Å². The fourth-order valence-electron chi connectivity index (χ4n) is 5.50. The number of nitrogens with zero attached hydrogens (tertiary/aromatic N) is 1. The van der Waals surface area contributed by atoms with E-state index in [4.69, 9.17) is 30.9 Å². The number of carboxylic acid groups (broad SMARTS) is 1. The number of amides is 2. The van der Waals surface area contributed by atoms with Crippen LogP contribution in [0.3, 0.4) is 0 Å². The second kappa shape index (κ2) is 15.6. The van der Waals surface area contributed by atoms with Crippen molar-refractivity contribution < 1.29 is 43.2 Å². The lowest BCUT2D eigenvalue weighted by molar-refractivity contribution is -0.137. The number of methoxy groups -OCH3 is 2. The summed E-state index contributed by atoms with van der Waals surface area (Å²) in [5.41, 5.74) is 1.49. The van der Waals surface area contributed by atoms with E-state index in [0.29, 0.717) is 52.6 Å². The highest BCUT2D eigenvalue weighted by Gasteiger charge is 2.40. The summed E-state index contributed by atoms with van der Waals surface area (Å²) in [6, 6.07) is 14.6. The van der Waals surface area contributed by atoms with Gasteiger partial charge in [-0.1, -0.05) is 43.6 Å². The second-order valence-corrected chi connectivity index (χ2v) is 12.6. The van der Waals surface area contributed by atoms with Gasteiger partial charge in [-0.2, -0.15) is 0 Å². The van der Waals surface area contributed by atoms with Crippen molar-refractivity contribution in [3.05, 3.63) is 82.1 Å². The van der Waals surface area contributed by atoms with Crippen LogP contribution in [0.4, 0.5) is 15.8 Å². The minimum atomic E-state index is -1.33. The van der Waals surface area contributed by atoms with Crippen LogP contribution in [0.25, 0.3) is 0 Å². The molecule has 0 radical (unpaired) electrons. The first-order chi connectivity index (χ1) is 22.4. The summed E-state index contributed by atoms with van der Waals surface area (Å²) in [5.74, 6) is -1.93. The average molecular weight is 671 g/mol. The number of carbonyl (C=O) groups is 3. The number of nitrogens with one attached hydrogen (secondary N) is 1. The standard InChI is InChI=1S/C35H40ClFN2O8/c1-35(2,20-40)19-39-27-15-13-22(36)17-24(27)32(23-9-7-10-28(45-3)33(23)46-4)47-29(34(39)44)18-30(41)38-26-16-21(12-14-25(26)37)8-5-6-11-31(42)43/h7,9-10,12-17,29,32,40H,5-6,8,11,18-20H2,1-4H3,(H,38,41)(H,42,43)/t29-,32-/m1/s1. The largest absolute Gasteiger partial charge is 0.493 e. The molecule has 0 saturated heterocycles. The van der Waals surface area contributed by atoms with Gasteiger partial charge in [0.25, 0.3) is 5.91 Å². The first-order valence-corrected chi connectivity index (χ1v) is 15.6. The summed E-state index contributed by atoms with van der Waals surface area (Å²) >= 11 is 6.47. The predicted octanol–water partition coefficient (Wildman–Crippen LogP) is 6.16. The van der Waals surface area contributed by atoms with Crippen molar-refractivity contribution in [1.82, 2.24) is 0 Å². The van der Waals surface area contributed by atoms with Gasteiger partial charge in [0.05, 0.1) is 26.3 Å². The Kier molecular flexibility index (Phi) is 11.8. The number of carbonyl (C=O) groups excluding carboxylic acids is 2. The van der Waals surface area contributed by atoms with Crippen LogP contribution in [0, 0.1) is 11.2 Å². The number of hydrogen-bond donors (Lipinski definition) is 3. The van der Waals surface area contributed by atoms with Gasteiger partial charge in [0.15, 0.2) is 11.5 Å². The summed E-state index contributed by atoms with van der Waals surface area (Å²) < 4.78 is 32.6. The Hall–Kier alpha value is -4.19. The van der Waals surface area contributed by atoms with Crippen LogP contribution in [-0.2, 0) is 25.5 Å². The molecule has 10 nitrogen and oxygen atoms in total. The van der Waals surface area contributed by atoms with Crippen LogP contribution in [0.5, 0.6) is 11.5 Å². The van der Waals surface area contributed by atoms with Crippen LogP contribution >= 0.6 is 11.6 Å². The van der Waals surface area contributed by atoms with Gasteiger partial charge in [0.1, 0.15) is 18.0 Å². The Labute approximate surface area is 278 Å². The van der Waals surface area contributed by atoms with Crippen molar-refractivity contribution in [2.75, 3.05) is 37.6 Å². The number of para-hydroxylation sites is 1. The predicted molar refractivity (Wildman–Crippen MR) is 176 cm³/mol. The fourth-order valence-corrected chi connectivity index (χ4v) is 5.68.